The van der Waals surface area contributed by atoms with Crippen LogP contribution in [0.1, 0.15) is 29.9 Å². The molecule has 0 bridgehead atoms. The molecule has 0 unspecified atom stereocenters. The van der Waals surface area contributed by atoms with E-state index in [1.54, 1.807) is 0 Å². The number of hydrogen-bond acceptors (Lipinski definition) is 3. The molecule has 1 aliphatic heterocycles. The quantitative estimate of drug-likeness (QED) is 0.859. The van der Waals surface area contributed by atoms with Crippen LogP contribution in [0.4, 0.5) is 0 Å². The first-order chi connectivity index (χ1) is 8.04. The van der Waals surface area contributed by atoms with Crippen LogP contribution in [0, 0.1) is 0 Å². The van der Waals surface area contributed by atoms with Crippen LogP contribution in [0.5, 0.6) is 0 Å². The molecule has 0 aromatic heterocycles. The maximum absolute atomic E-state index is 10.9. The van der Waals surface area contributed by atoms with Gasteiger partial charge >= 0.3 is 0 Å². The van der Waals surface area contributed by atoms with E-state index in [1.807, 2.05) is 24.3 Å². The van der Waals surface area contributed by atoms with Crippen molar-refractivity contribution in [1.82, 2.24) is 5.32 Å². The third-order valence-electron chi connectivity index (χ3n) is 3.13. The molecule has 1 saturated heterocycles. The van der Waals surface area contributed by atoms with Gasteiger partial charge in [-0.2, -0.15) is 0 Å². The Morgan fingerprint density at radius 2 is 1.76 bits per heavy atom. The van der Waals surface area contributed by atoms with E-state index >= 15 is 0 Å². The number of piperidine rings is 1. The van der Waals surface area contributed by atoms with Gasteiger partial charge in [-0.05, 0) is 43.0 Å². The second kappa shape index (κ2) is 5.38. The zero-order chi connectivity index (χ0) is 12.3. The molecule has 1 aliphatic rings. The minimum absolute atomic E-state index is 0.0962. The average Bonchev–Trinajstić information content (AvgIpc) is 2.29. The van der Waals surface area contributed by atoms with Gasteiger partial charge in [0.05, 0.1) is 5.75 Å². The Bertz CT molecular complexity index is 464. The van der Waals surface area contributed by atoms with E-state index < -0.39 is 9.05 Å². The molecule has 0 aliphatic carbocycles. The van der Waals surface area contributed by atoms with Crippen LogP contribution in [-0.4, -0.2) is 21.5 Å². The molecule has 0 saturated carbocycles. The monoisotopic (exact) mass is 273 g/mol. The zero-order valence-corrected chi connectivity index (χ0v) is 11.1. The fraction of sp³-hybridized carbons (Fsp3) is 0.500. The predicted molar refractivity (Wildman–Crippen MR) is 69.8 cm³/mol. The van der Waals surface area contributed by atoms with Crippen molar-refractivity contribution in [3.8, 4) is 0 Å². The Kier molecular flexibility index (Phi) is 4.07. The molecular formula is C12H16ClNO2S. The Labute approximate surface area is 107 Å². The summed E-state index contributed by atoms with van der Waals surface area (Å²) in [6, 6.07) is 7.76. The SMILES string of the molecule is O=S(=O)(Cl)Cc1ccc(C2CCNCC2)cc1. The van der Waals surface area contributed by atoms with E-state index in [4.69, 9.17) is 10.7 Å². The summed E-state index contributed by atoms with van der Waals surface area (Å²) < 4.78 is 21.9. The summed E-state index contributed by atoms with van der Waals surface area (Å²) in [6.07, 6.45) is 2.29. The topological polar surface area (TPSA) is 46.2 Å². The van der Waals surface area contributed by atoms with Crippen LogP contribution < -0.4 is 5.32 Å². The molecule has 94 valence electrons. The molecule has 2 rings (SSSR count). The molecule has 1 fully saturated rings. The maximum Gasteiger partial charge on any atom is 0.236 e. The molecule has 3 nitrogen and oxygen atoms in total. The lowest BCUT2D eigenvalue weighted by Crippen LogP contribution is -2.26. The van der Waals surface area contributed by atoms with Crippen LogP contribution >= 0.6 is 10.7 Å². The minimum atomic E-state index is -3.45. The van der Waals surface area contributed by atoms with Crippen molar-refractivity contribution in [3.05, 3.63) is 35.4 Å². The fourth-order valence-electron chi connectivity index (χ4n) is 2.24. The maximum atomic E-state index is 10.9. The highest BCUT2D eigenvalue weighted by molar-refractivity contribution is 8.13. The highest BCUT2D eigenvalue weighted by atomic mass is 35.7. The predicted octanol–water partition coefficient (Wildman–Crippen LogP) is 2.22. The highest BCUT2D eigenvalue weighted by Crippen LogP contribution is 2.25. The van der Waals surface area contributed by atoms with Gasteiger partial charge in [0.25, 0.3) is 0 Å². The van der Waals surface area contributed by atoms with Gasteiger partial charge in [0.2, 0.25) is 9.05 Å². The van der Waals surface area contributed by atoms with Gasteiger partial charge in [0.15, 0.2) is 0 Å². The van der Waals surface area contributed by atoms with Gasteiger partial charge in [0, 0.05) is 10.7 Å². The van der Waals surface area contributed by atoms with Crippen molar-refractivity contribution >= 4 is 19.7 Å². The summed E-state index contributed by atoms with van der Waals surface area (Å²) in [5, 5.41) is 3.33. The molecule has 0 atom stereocenters. The molecule has 5 heteroatoms. The number of nitrogens with one attached hydrogen (secondary N) is 1. The Balaban J connectivity index is 2.07. The third-order valence-corrected chi connectivity index (χ3v) is 4.13. The van der Waals surface area contributed by atoms with Crippen LogP contribution in [-0.2, 0) is 14.8 Å². The Hall–Kier alpha value is -0.580. The molecule has 1 N–H and O–H groups in total. The van der Waals surface area contributed by atoms with Gasteiger partial charge in [-0.3, -0.25) is 0 Å². The lowest BCUT2D eigenvalue weighted by molar-refractivity contribution is 0.460. The van der Waals surface area contributed by atoms with Gasteiger partial charge in [-0.25, -0.2) is 8.42 Å². The number of halogens is 1. The molecular weight excluding hydrogens is 258 g/mol. The summed E-state index contributed by atoms with van der Waals surface area (Å²) in [4.78, 5) is 0. The van der Waals surface area contributed by atoms with E-state index in [-0.39, 0.29) is 5.75 Å². The van der Waals surface area contributed by atoms with Gasteiger partial charge in [-0.15, -0.1) is 0 Å². The summed E-state index contributed by atoms with van der Waals surface area (Å²) in [7, 11) is 1.77. The molecule has 0 radical (unpaired) electrons. The molecule has 1 heterocycles. The lowest BCUT2D eigenvalue weighted by atomic mass is 9.90. The van der Waals surface area contributed by atoms with Crippen LogP contribution in [0.25, 0.3) is 0 Å². The molecule has 17 heavy (non-hydrogen) atoms. The number of benzene rings is 1. The van der Waals surface area contributed by atoms with E-state index in [9.17, 15) is 8.42 Å². The van der Waals surface area contributed by atoms with Crippen molar-refractivity contribution in [1.29, 1.82) is 0 Å². The first-order valence-electron chi connectivity index (χ1n) is 5.76. The van der Waals surface area contributed by atoms with Crippen LogP contribution in [0.3, 0.4) is 0 Å². The van der Waals surface area contributed by atoms with Crippen molar-refractivity contribution in [2.45, 2.75) is 24.5 Å². The molecule has 1 aromatic carbocycles. The first-order valence-corrected chi connectivity index (χ1v) is 8.24. The Morgan fingerprint density at radius 1 is 1.18 bits per heavy atom. The van der Waals surface area contributed by atoms with E-state index in [0.717, 1.165) is 31.5 Å². The third kappa shape index (κ3) is 3.98. The fourth-order valence-corrected chi connectivity index (χ4v) is 3.21. The summed E-state index contributed by atoms with van der Waals surface area (Å²) in [6.45, 7) is 2.12. The van der Waals surface area contributed by atoms with Gasteiger partial charge in [-0.1, -0.05) is 24.3 Å². The smallest absolute Gasteiger partial charge is 0.236 e. The minimum Gasteiger partial charge on any atom is -0.317 e. The molecule has 1 aromatic rings. The van der Waals surface area contributed by atoms with Crippen molar-refractivity contribution in [2.75, 3.05) is 13.1 Å². The zero-order valence-electron chi connectivity index (χ0n) is 9.52. The summed E-state index contributed by atoms with van der Waals surface area (Å²) in [5.74, 6) is 0.499. The van der Waals surface area contributed by atoms with Crippen molar-refractivity contribution in [2.24, 2.45) is 0 Å². The largest absolute Gasteiger partial charge is 0.317 e. The Morgan fingerprint density at radius 3 is 2.29 bits per heavy atom. The highest BCUT2D eigenvalue weighted by Gasteiger charge is 2.15. The van der Waals surface area contributed by atoms with Crippen molar-refractivity contribution < 1.29 is 8.42 Å². The lowest BCUT2D eigenvalue weighted by Gasteiger charge is -2.23. The molecule has 0 amide bonds. The average molecular weight is 274 g/mol. The summed E-state index contributed by atoms with van der Waals surface area (Å²) >= 11 is 0. The second-order valence-electron chi connectivity index (χ2n) is 4.45. The number of hydrogen-bond donors (Lipinski definition) is 1. The standard InChI is InChI=1S/C12H16ClNO2S/c13-17(15,16)9-10-1-3-11(4-2-10)12-5-7-14-8-6-12/h1-4,12,14H,5-9H2. The van der Waals surface area contributed by atoms with E-state index in [0.29, 0.717) is 5.92 Å². The van der Waals surface area contributed by atoms with Crippen LogP contribution in [0.2, 0.25) is 0 Å². The molecule has 0 spiro atoms. The van der Waals surface area contributed by atoms with E-state index in [2.05, 4.69) is 5.32 Å². The normalized spacial score (nSPS) is 18.2. The van der Waals surface area contributed by atoms with Gasteiger partial charge in [0.1, 0.15) is 0 Å². The first kappa shape index (κ1) is 12.9. The van der Waals surface area contributed by atoms with E-state index in [1.165, 1.54) is 5.56 Å². The second-order valence-corrected chi connectivity index (χ2v) is 7.23. The summed E-state index contributed by atoms with van der Waals surface area (Å²) in [5.41, 5.74) is 2.04. The van der Waals surface area contributed by atoms with Gasteiger partial charge < -0.3 is 5.32 Å². The van der Waals surface area contributed by atoms with Crippen LogP contribution in [0.15, 0.2) is 24.3 Å². The number of rotatable bonds is 3. The van der Waals surface area contributed by atoms with Crippen molar-refractivity contribution in [3.63, 3.8) is 0 Å².